The van der Waals surface area contributed by atoms with Crippen molar-refractivity contribution in [3.63, 3.8) is 0 Å². The van der Waals surface area contributed by atoms with Crippen LogP contribution in [0.25, 0.3) is 0 Å². The first kappa shape index (κ1) is 23.5. The maximum atomic E-state index is 13.4. The summed E-state index contributed by atoms with van der Waals surface area (Å²) in [5.74, 6) is -0.246. The molecule has 6 heteroatoms. The fourth-order valence-corrected chi connectivity index (χ4v) is 3.33. The van der Waals surface area contributed by atoms with Gasteiger partial charge in [0.2, 0.25) is 5.91 Å². The zero-order valence-corrected chi connectivity index (χ0v) is 18.9. The highest BCUT2D eigenvalue weighted by Crippen LogP contribution is 2.23. The molecule has 0 bridgehead atoms. The van der Waals surface area contributed by atoms with Crippen LogP contribution in [0.2, 0.25) is 5.02 Å². The Morgan fingerprint density at radius 2 is 1.66 bits per heavy atom. The third-order valence-electron chi connectivity index (χ3n) is 4.88. The molecule has 0 unspecified atom stereocenters. The van der Waals surface area contributed by atoms with Crippen molar-refractivity contribution < 1.29 is 14.0 Å². The van der Waals surface area contributed by atoms with Crippen molar-refractivity contribution in [2.75, 3.05) is 11.4 Å². The Bertz CT molecular complexity index is 1070. The van der Waals surface area contributed by atoms with Crippen LogP contribution in [0.4, 0.5) is 10.1 Å². The lowest BCUT2D eigenvalue weighted by molar-refractivity contribution is -0.120. The van der Waals surface area contributed by atoms with Gasteiger partial charge in [0.05, 0.1) is 13.0 Å². The molecular formula is C26H26ClFN2O2. The number of anilines is 1. The zero-order chi connectivity index (χ0) is 23.1. The van der Waals surface area contributed by atoms with E-state index < -0.39 is 0 Å². The lowest BCUT2D eigenvalue weighted by Gasteiger charge is -2.24. The second-order valence-electron chi connectivity index (χ2n) is 8.07. The Labute approximate surface area is 193 Å². The van der Waals surface area contributed by atoms with E-state index >= 15 is 0 Å². The number of amides is 2. The molecule has 0 atom stereocenters. The third-order valence-corrected chi connectivity index (χ3v) is 5.14. The summed E-state index contributed by atoms with van der Waals surface area (Å²) >= 11 is 5.97. The highest BCUT2D eigenvalue weighted by Gasteiger charge is 2.19. The number of benzene rings is 3. The second-order valence-corrected chi connectivity index (χ2v) is 8.51. The van der Waals surface area contributed by atoms with Crippen molar-refractivity contribution >= 4 is 29.1 Å². The van der Waals surface area contributed by atoms with Gasteiger partial charge in [-0.05, 0) is 65.6 Å². The van der Waals surface area contributed by atoms with E-state index in [4.69, 9.17) is 11.6 Å². The molecule has 4 nitrogen and oxygen atoms in total. The number of hydrogen-bond donors (Lipinski definition) is 1. The number of carbonyl (C=O) groups is 2. The van der Waals surface area contributed by atoms with E-state index in [-0.39, 0.29) is 30.6 Å². The predicted octanol–water partition coefficient (Wildman–Crippen LogP) is 5.64. The van der Waals surface area contributed by atoms with E-state index in [1.807, 2.05) is 38.1 Å². The number of carbonyl (C=O) groups excluding carboxylic acids is 2. The maximum absolute atomic E-state index is 13.4. The van der Waals surface area contributed by atoms with Gasteiger partial charge in [0.1, 0.15) is 5.82 Å². The highest BCUT2D eigenvalue weighted by atomic mass is 35.5. The summed E-state index contributed by atoms with van der Waals surface area (Å²) in [5, 5.41) is 3.45. The summed E-state index contributed by atoms with van der Waals surface area (Å²) in [5.41, 5.74) is 2.73. The molecule has 32 heavy (non-hydrogen) atoms. The fraction of sp³-hybridized carbons (Fsp3) is 0.231. The zero-order valence-electron chi connectivity index (χ0n) is 18.1. The van der Waals surface area contributed by atoms with Gasteiger partial charge < -0.3 is 10.2 Å². The molecule has 3 rings (SSSR count). The first-order valence-corrected chi connectivity index (χ1v) is 10.9. The molecule has 0 aliphatic rings. The van der Waals surface area contributed by atoms with Gasteiger partial charge in [-0.2, -0.15) is 0 Å². The predicted molar refractivity (Wildman–Crippen MR) is 126 cm³/mol. The minimum Gasteiger partial charge on any atom is -0.356 e. The third kappa shape index (κ3) is 6.66. The molecule has 166 valence electrons. The molecule has 0 aromatic heterocycles. The fourth-order valence-electron chi connectivity index (χ4n) is 3.20. The average Bonchev–Trinajstić information content (AvgIpc) is 2.77. The quantitative estimate of drug-likeness (QED) is 0.480. The van der Waals surface area contributed by atoms with E-state index in [9.17, 15) is 14.0 Å². The van der Waals surface area contributed by atoms with Crippen molar-refractivity contribution in [1.29, 1.82) is 0 Å². The minimum absolute atomic E-state index is 0.0648. The van der Waals surface area contributed by atoms with E-state index in [1.165, 1.54) is 12.1 Å². The summed E-state index contributed by atoms with van der Waals surface area (Å²) < 4.78 is 13.4. The monoisotopic (exact) mass is 452 g/mol. The van der Waals surface area contributed by atoms with Crippen molar-refractivity contribution in [2.24, 2.45) is 5.92 Å². The molecule has 1 N–H and O–H groups in total. The largest absolute Gasteiger partial charge is 0.356 e. The Kier molecular flexibility index (Phi) is 8.01. The molecule has 0 saturated carbocycles. The van der Waals surface area contributed by atoms with Crippen LogP contribution in [-0.4, -0.2) is 18.4 Å². The summed E-state index contributed by atoms with van der Waals surface area (Å²) in [4.78, 5) is 27.3. The number of nitrogens with one attached hydrogen (secondary N) is 1. The van der Waals surface area contributed by atoms with Crippen LogP contribution in [0.15, 0.2) is 72.8 Å². The van der Waals surface area contributed by atoms with Gasteiger partial charge in [-0.1, -0.05) is 49.7 Å². The second kappa shape index (κ2) is 10.9. The molecule has 0 heterocycles. The Hall–Kier alpha value is -3.18. The Morgan fingerprint density at radius 3 is 2.31 bits per heavy atom. The maximum Gasteiger partial charge on any atom is 0.258 e. The van der Waals surface area contributed by atoms with Gasteiger partial charge in [-0.3, -0.25) is 9.59 Å². The minimum atomic E-state index is -0.335. The number of hydrogen-bond acceptors (Lipinski definition) is 2. The van der Waals surface area contributed by atoms with Gasteiger partial charge in [-0.25, -0.2) is 4.39 Å². The van der Waals surface area contributed by atoms with Crippen molar-refractivity contribution in [3.8, 4) is 0 Å². The topological polar surface area (TPSA) is 49.4 Å². The molecular weight excluding hydrogens is 427 g/mol. The SMILES string of the molecule is CC(C)CNC(=O)Cc1cccc(N(Cc2ccc(F)cc2)C(=O)c2ccc(Cl)cc2)c1. The smallest absolute Gasteiger partial charge is 0.258 e. The number of rotatable bonds is 8. The first-order chi connectivity index (χ1) is 15.3. The van der Waals surface area contributed by atoms with Crippen molar-refractivity contribution in [2.45, 2.75) is 26.8 Å². The van der Waals surface area contributed by atoms with Crippen molar-refractivity contribution in [1.82, 2.24) is 5.32 Å². The van der Waals surface area contributed by atoms with Gasteiger partial charge in [0.25, 0.3) is 5.91 Å². The van der Waals surface area contributed by atoms with Crippen LogP contribution in [0.1, 0.15) is 35.3 Å². The highest BCUT2D eigenvalue weighted by molar-refractivity contribution is 6.30. The molecule has 0 aliphatic carbocycles. The lowest BCUT2D eigenvalue weighted by Crippen LogP contribution is -2.31. The number of nitrogens with zero attached hydrogens (tertiary/aromatic N) is 1. The van der Waals surface area contributed by atoms with Gasteiger partial charge in [0, 0.05) is 22.8 Å². The molecule has 0 spiro atoms. The van der Waals surface area contributed by atoms with E-state index in [1.54, 1.807) is 41.3 Å². The van der Waals surface area contributed by atoms with Gasteiger partial charge >= 0.3 is 0 Å². The summed E-state index contributed by atoms with van der Waals surface area (Å²) in [6.07, 6.45) is 0.222. The molecule has 0 aliphatic heterocycles. The van der Waals surface area contributed by atoms with Gasteiger partial charge in [-0.15, -0.1) is 0 Å². The molecule has 0 fully saturated rings. The van der Waals surface area contributed by atoms with Crippen LogP contribution < -0.4 is 10.2 Å². The summed E-state index contributed by atoms with van der Waals surface area (Å²) in [6.45, 7) is 4.95. The van der Waals surface area contributed by atoms with Crippen LogP contribution in [0, 0.1) is 11.7 Å². The van der Waals surface area contributed by atoms with Gasteiger partial charge in [0.15, 0.2) is 0 Å². The lowest BCUT2D eigenvalue weighted by atomic mass is 10.1. The molecule has 0 saturated heterocycles. The van der Waals surface area contributed by atoms with E-state index in [0.717, 1.165) is 11.1 Å². The summed E-state index contributed by atoms with van der Waals surface area (Å²) in [7, 11) is 0. The Morgan fingerprint density at radius 1 is 0.969 bits per heavy atom. The first-order valence-electron chi connectivity index (χ1n) is 10.5. The van der Waals surface area contributed by atoms with Crippen LogP contribution in [-0.2, 0) is 17.8 Å². The van der Waals surface area contributed by atoms with Crippen LogP contribution in [0.3, 0.4) is 0 Å². The number of halogens is 2. The van der Waals surface area contributed by atoms with Crippen LogP contribution >= 0.6 is 11.6 Å². The molecule has 0 radical (unpaired) electrons. The Balaban J connectivity index is 1.88. The van der Waals surface area contributed by atoms with Crippen LogP contribution in [0.5, 0.6) is 0 Å². The summed E-state index contributed by atoms with van der Waals surface area (Å²) in [6, 6.07) is 20.1. The standard InChI is InChI=1S/C26H26ClFN2O2/c1-18(2)16-29-25(31)15-20-4-3-5-24(14-20)30(17-19-6-12-23(28)13-7-19)26(32)21-8-10-22(27)11-9-21/h3-14,18H,15-17H2,1-2H3,(H,29,31). The molecule has 3 aromatic rings. The van der Waals surface area contributed by atoms with Crippen molar-refractivity contribution in [3.05, 3.63) is 100 Å². The normalized spacial score (nSPS) is 10.8. The molecule has 2 amide bonds. The average molecular weight is 453 g/mol. The van der Waals surface area contributed by atoms with E-state index in [0.29, 0.717) is 28.7 Å². The van der Waals surface area contributed by atoms with E-state index in [2.05, 4.69) is 5.32 Å². The molecule has 3 aromatic carbocycles.